The van der Waals surface area contributed by atoms with E-state index in [2.05, 4.69) is 0 Å². The molecule has 0 N–H and O–H groups in total. The fourth-order valence-corrected chi connectivity index (χ4v) is 2.83. The van der Waals surface area contributed by atoms with E-state index in [4.69, 9.17) is 9.47 Å². The molecule has 0 bridgehead atoms. The molecule has 3 aromatic rings. The predicted octanol–water partition coefficient (Wildman–Crippen LogP) is 5.03. The van der Waals surface area contributed by atoms with Crippen molar-refractivity contribution in [2.24, 2.45) is 0 Å². The van der Waals surface area contributed by atoms with Crippen LogP contribution in [0.4, 0.5) is 0 Å². The van der Waals surface area contributed by atoms with Gasteiger partial charge in [0, 0.05) is 0 Å². The highest BCUT2D eigenvalue weighted by Gasteiger charge is 2.12. The Morgan fingerprint density at radius 1 is 1.00 bits per heavy atom. The molecule has 3 nitrogen and oxygen atoms in total. The number of methoxy groups -OCH3 is 1. The Morgan fingerprint density at radius 3 is 2.60 bits per heavy atom. The van der Waals surface area contributed by atoms with E-state index in [0.29, 0.717) is 11.5 Å². The van der Waals surface area contributed by atoms with Crippen LogP contribution < -0.4 is 9.47 Å². The van der Waals surface area contributed by atoms with Crippen molar-refractivity contribution in [3.05, 3.63) is 77.9 Å². The summed E-state index contributed by atoms with van der Waals surface area (Å²) < 4.78 is 10.9. The van der Waals surface area contributed by atoms with Crippen molar-refractivity contribution >= 4 is 22.8 Å². The van der Waals surface area contributed by atoms with Crippen molar-refractivity contribution in [3.8, 4) is 11.5 Å². The molecule has 0 aliphatic rings. The highest BCUT2D eigenvalue weighted by Crippen LogP contribution is 2.29. The molecule has 0 aliphatic carbocycles. The average molecular weight is 332 g/mol. The van der Waals surface area contributed by atoms with Gasteiger partial charge in [0.05, 0.1) is 13.5 Å². The van der Waals surface area contributed by atoms with Gasteiger partial charge in [0.2, 0.25) is 0 Å². The van der Waals surface area contributed by atoms with Crippen molar-refractivity contribution in [3.63, 3.8) is 0 Å². The normalized spacial score (nSPS) is 11.0. The molecule has 25 heavy (non-hydrogen) atoms. The summed E-state index contributed by atoms with van der Waals surface area (Å²) in [5.74, 6) is 0.663. The van der Waals surface area contributed by atoms with E-state index in [-0.39, 0.29) is 12.4 Å². The highest BCUT2D eigenvalue weighted by molar-refractivity contribution is 5.89. The topological polar surface area (TPSA) is 35.5 Å². The lowest BCUT2D eigenvalue weighted by molar-refractivity contribution is -0.133. The fourth-order valence-electron chi connectivity index (χ4n) is 2.83. The van der Waals surface area contributed by atoms with Crippen LogP contribution in [0.2, 0.25) is 0 Å². The van der Waals surface area contributed by atoms with Gasteiger partial charge in [-0.3, -0.25) is 4.79 Å². The maximum absolute atomic E-state index is 12.4. The van der Waals surface area contributed by atoms with Gasteiger partial charge < -0.3 is 9.47 Å². The second-order valence-corrected chi connectivity index (χ2v) is 5.70. The minimum Gasteiger partial charge on any atom is -0.493 e. The molecule has 3 aromatic carbocycles. The monoisotopic (exact) mass is 332 g/mol. The number of hydrogen-bond donors (Lipinski definition) is 0. The third-order valence-corrected chi connectivity index (χ3v) is 3.99. The van der Waals surface area contributed by atoms with Crippen LogP contribution in [0.1, 0.15) is 18.1 Å². The molecule has 0 amide bonds. The first-order valence-corrected chi connectivity index (χ1v) is 8.19. The molecule has 0 saturated heterocycles. The zero-order valence-electron chi connectivity index (χ0n) is 14.4. The van der Waals surface area contributed by atoms with Crippen molar-refractivity contribution in [2.45, 2.75) is 13.3 Å². The highest BCUT2D eigenvalue weighted by atomic mass is 16.6. The number of rotatable bonds is 5. The van der Waals surface area contributed by atoms with Gasteiger partial charge in [0.15, 0.2) is 11.5 Å². The van der Waals surface area contributed by atoms with E-state index >= 15 is 0 Å². The Hall–Kier alpha value is -3.07. The van der Waals surface area contributed by atoms with Crippen LogP contribution in [-0.2, 0) is 11.2 Å². The number of esters is 1. The van der Waals surface area contributed by atoms with Gasteiger partial charge >= 0.3 is 5.97 Å². The van der Waals surface area contributed by atoms with E-state index in [9.17, 15) is 4.79 Å². The first kappa shape index (κ1) is 16.8. The summed E-state index contributed by atoms with van der Waals surface area (Å²) in [7, 11) is 1.57. The quantitative estimate of drug-likeness (QED) is 0.485. The smallest absolute Gasteiger partial charge is 0.315 e. The van der Waals surface area contributed by atoms with Gasteiger partial charge in [-0.15, -0.1) is 0 Å². The number of carbonyl (C=O) groups is 1. The third kappa shape index (κ3) is 3.89. The lowest BCUT2D eigenvalue weighted by Crippen LogP contribution is -2.12. The Balaban J connectivity index is 1.80. The van der Waals surface area contributed by atoms with Gasteiger partial charge in [-0.25, -0.2) is 0 Å². The Morgan fingerprint density at radius 2 is 1.80 bits per heavy atom. The van der Waals surface area contributed by atoms with Crippen LogP contribution in [0.3, 0.4) is 0 Å². The first-order valence-electron chi connectivity index (χ1n) is 8.19. The van der Waals surface area contributed by atoms with Crippen molar-refractivity contribution in [1.29, 1.82) is 0 Å². The molecule has 0 spiro atoms. The van der Waals surface area contributed by atoms with Crippen LogP contribution in [0.5, 0.6) is 11.5 Å². The summed E-state index contributed by atoms with van der Waals surface area (Å²) in [6, 6.07) is 19.5. The third-order valence-electron chi connectivity index (χ3n) is 3.99. The van der Waals surface area contributed by atoms with Crippen LogP contribution in [-0.4, -0.2) is 13.1 Å². The molecule has 0 saturated carbocycles. The van der Waals surface area contributed by atoms with Crippen molar-refractivity contribution < 1.29 is 14.3 Å². The summed E-state index contributed by atoms with van der Waals surface area (Å²) in [6.07, 6.45) is 4.12. The number of benzene rings is 3. The summed E-state index contributed by atoms with van der Waals surface area (Å²) in [6.45, 7) is 1.95. The van der Waals surface area contributed by atoms with Crippen LogP contribution in [0.25, 0.3) is 16.8 Å². The summed E-state index contributed by atoms with van der Waals surface area (Å²) >= 11 is 0. The molecule has 0 radical (unpaired) electrons. The molecule has 0 heterocycles. The van der Waals surface area contributed by atoms with Gasteiger partial charge in [-0.05, 0) is 41.0 Å². The molecule has 3 heteroatoms. The maximum atomic E-state index is 12.4. The van der Waals surface area contributed by atoms with Gasteiger partial charge in [-0.1, -0.05) is 60.7 Å². The van der Waals surface area contributed by atoms with Gasteiger partial charge in [0.25, 0.3) is 0 Å². The van der Waals surface area contributed by atoms with Crippen LogP contribution in [0, 0.1) is 0 Å². The molecule has 0 aromatic heterocycles. The van der Waals surface area contributed by atoms with E-state index in [1.54, 1.807) is 13.2 Å². The van der Waals surface area contributed by atoms with Crippen LogP contribution in [0.15, 0.2) is 66.7 Å². The van der Waals surface area contributed by atoms with E-state index in [1.807, 2.05) is 73.7 Å². The van der Waals surface area contributed by atoms with E-state index < -0.39 is 0 Å². The van der Waals surface area contributed by atoms with E-state index in [0.717, 1.165) is 21.9 Å². The summed E-state index contributed by atoms with van der Waals surface area (Å²) in [5, 5.41) is 2.18. The SMILES string of the molecule is C/C=C/c1ccc(OC(=O)Cc2cccc3ccccc23)c(OC)c1. The minimum absolute atomic E-state index is 0.209. The van der Waals surface area contributed by atoms with Crippen molar-refractivity contribution in [2.75, 3.05) is 7.11 Å². The average Bonchev–Trinajstić information content (AvgIpc) is 2.63. The van der Waals surface area contributed by atoms with E-state index in [1.165, 1.54) is 0 Å². The Kier molecular flexibility index (Phi) is 5.14. The molecule has 0 fully saturated rings. The second kappa shape index (κ2) is 7.67. The standard InChI is InChI=1S/C22H20O3/c1-3-7-16-12-13-20(21(14-16)24-2)25-22(23)15-18-10-6-9-17-8-4-5-11-19(17)18/h3-14H,15H2,1-2H3/b7-3+. The zero-order chi connectivity index (χ0) is 17.6. The number of allylic oxidation sites excluding steroid dienone is 1. The Labute approximate surface area is 147 Å². The number of fused-ring (bicyclic) bond motifs is 1. The minimum atomic E-state index is -0.312. The Bertz CT molecular complexity index is 920. The zero-order valence-corrected chi connectivity index (χ0v) is 14.4. The van der Waals surface area contributed by atoms with Gasteiger partial charge in [-0.2, -0.15) is 0 Å². The number of hydrogen-bond acceptors (Lipinski definition) is 3. The predicted molar refractivity (Wildman–Crippen MR) is 101 cm³/mol. The number of carbonyl (C=O) groups excluding carboxylic acids is 1. The molecule has 0 aliphatic heterocycles. The second-order valence-electron chi connectivity index (χ2n) is 5.70. The lowest BCUT2D eigenvalue weighted by Gasteiger charge is -2.11. The molecule has 126 valence electrons. The largest absolute Gasteiger partial charge is 0.493 e. The number of ether oxygens (including phenoxy) is 2. The maximum Gasteiger partial charge on any atom is 0.315 e. The molecule has 3 rings (SSSR count). The fraction of sp³-hybridized carbons (Fsp3) is 0.136. The van der Waals surface area contributed by atoms with Crippen molar-refractivity contribution in [1.82, 2.24) is 0 Å². The van der Waals surface area contributed by atoms with Crippen LogP contribution >= 0.6 is 0 Å². The van der Waals surface area contributed by atoms with Gasteiger partial charge in [0.1, 0.15) is 0 Å². The molecular weight excluding hydrogens is 312 g/mol. The summed E-state index contributed by atoms with van der Waals surface area (Å²) in [4.78, 5) is 12.4. The molecule has 0 atom stereocenters. The molecule has 0 unspecified atom stereocenters. The molecular formula is C22H20O3. The lowest BCUT2D eigenvalue weighted by atomic mass is 10.0. The first-order chi connectivity index (χ1) is 12.2. The summed E-state index contributed by atoms with van der Waals surface area (Å²) in [5.41, 5.74) is 1.95.